The first-order chi connectivity index (χ1) is 7.27. The van der Waals surface area contributed by atoms with E-state index < -0.39 is 0 Å². The Labute approximate surface area is 92.1 Å². The molecule has 0 bridgehead atoms. The van der Waals surface area contributed by atoms with E-state index in [9.17, 15) is 0 Å². The third kappa shape index (κ3) is 2.63. The fraction of sp³-hybridized carbons (Fsp3) is 0.692. The highest BCUT2D eigenvalue weighted by atomic mass is 16.3. The summed E-state index contributed by atoms with van der Waals surface area (Å²) in [5.74, 6) is 1.96. The van der Waals surface area contributed by atoms with Crippen molar-refractivity contribution >= 4 is 0 Å². The number of furan rings is 1. The second-order valence-electron chi connectivity index (χ2n) is 4.74. The highest BCUT2D eigenvalue weighted by Crippen LogP contribution is 2.27. The minimum absolute atomic E-state index is 0.622. The van der Waals surface area contributed by atoms with Crippen LogP contribution in [0.1, 0.15) is 43.9 Å². The third-order valence-corrected chi connectivity index (χ3v) is 3.66. The van der Waals surface area contributed by atoms with Crippen LogP contribution in [-0.2, 0) is 6.54 Å². The lowest BCUT2D eigenvalue weighted by Gasteiger charge is -2.19. The van der Waals surface area contributed by atoms with Gasteiger partial charge in [0.2, 0.25) is 0 Å². The molecule has 2 rings (SSSR count). The van der Waals surface area contributed by atoms with E-state index in [-0.39, 0.29) is 0 Å². The average Bonchev–Trinajstić information content (AvgIpc) is 2.85. The van der Waals surface area contributed by atoms with Gasteiger partial charge >= 0.3 is 0 Å². The van der Waals surface area contributed by atoms with Crippen LogP contribution in [0.25, 0.3) is 0 Å². The fourth-order valence-electron chi connectivity index (χ4n) is 2.46. The van der Waals surface area contributed by atoms with E-state index in [1.165, 1.54) is 31.2 Å². The molecule has 0 unspecified atom stereocenters. The van der Waals surface area contributed by atoms with E-state index in [0.717, 1.165) is 18.2 Å². The van der Waals surface area contributed by atoms with Crippen LogP contribution in [0.5, 0.6) is 0 Å². The van der Waals surface area contributed by atoms with Crippen molar-refractivity contribution in [2.24, 2.45) is 5.92 Å². The van der Waals surface area contributed by atoms with E-state index in [1.807, 2.05) is 6.07 Å². The summed E-state index contributed by atoms with van der Waals surface area (Å²) >= 11 is 0. The zero-order valence-corrected chi connectivity index (χ0v) is 9.75. The van der Waals surface area contributed by atoms with Gasteiger partial charge in [-0.2, -0.15) is 0 Å². The number of hydrogen-bond acceptors (Lipinski definition) is 2. The van der Waals surface area contributed by atoms with Crippen LogP contribution in [0, 0.1) is 12.8 Å². The molecule has 1 atom stereocenters. The van der Waals surface area contributed by atoms with Crippen LogP contribution < -0.4 is 5.32 Å². The third-order valence-electron chi connectivity index (χ3n) is 3.66. The summed E-state index contributed by atoms with van der Waals surface area (Å²) in [5.41, 5.74) is 1.25. The predicted octanol–water partition coefficient (Wildman–Crippen LogP) is 3.26. The maximum Gasteiger partial charge on any atom is 0.120 e. The Hall–Kier alpha value is -0.760. The van der Waals surface area contributed by atoms with Gasteiger partial charge in [-0.3, -0.25) is 0 Å². The Morgan fingerprint density at radius 1 is 1.47 bits per heavy atom. The van der Waals surface area contributed by atoms with E-state index >= 15 is 0 Å². The van der Waals surface area contributed by atoms with Crippen LogP contribution in [-0.4, -0.2) is 6.04 Å². The number of hydrogen-bond donors (Lipinski definition) is 1. The quantitative estimate of drug-likeness (QED) is 0.819. The van der Waals surface area contributed by atoms with Crippen molar-refractivity contribution in [1.29, 1.82) is 0 Å². The summed E-state index contributed by atoms with van der Waals surface area (Å²) in [7, 11) is 0. The summed E-state index contributed by atoms with van der Waals surface area (Å²) in [4.78, 5) is 0. The fourth-order valence-corrected chi connectivity index (χ4v) is 2.46. The lowest BCUT2D eigenvalue weighted by Crippen LogP contribution is -2.31. The first kappa shape index (κ1) is 10.7. The zero-order valence-electron chi connectivity index (χ0n) is 9.75. The Bertz CT molecular complexity index is 299. The van der Waals surface area contributed by atoms with Crippen molar-refractivity contribution in [3.8, 4) is 0 Å². The summed E-state index contributed by atoms with van der Waals surface area (Å²) in [5, 5.41) is 3.57. The highest BCUT2D eigenvalue weighted by Gasteiger charge is 2.21. The molecular formula is C13H21NO. The Morgan fingerprint density at radius 3 is 2.80 bits per heavy atom. The van der Waals surface area contributed by atoms with Crippen molar-refractivity contribution in [1.82, 2.24) is 5.32 Å². The van der Waals surface area contributed by atoms with Gasteiger partial charge in [-0.15, -0.1) is 0 Å². The Morgan fingerprint density at radius 2 is 2.20 bits per heavy atom. The molecule has 15 heavy (non-hydrogen) atoms. The van der Waals surface area contributed by atoms with Gasteiger partial charge in [-0.25, -0.2) is 0 Å². The van der Waals surface area contributed by atoms with E-state index in [0.29, 0.717) is 6.04 Å². The van der Waals surface area contributed by atoms with Gasteiger partial charge in [0, 0.05) is 6.04 Å². The summed E-state index contributed by atoms with van der Waals surface area (Å²) in [6, 6.07) is 2.65. The van der Waals surface area contributed by atoms with Gasteiger partial charge in [0.05, 0.1) is 12.8 Å². The zero-order chi connectivity index (χ0) is 10.7. The smallest absolute Gasteiger partial charge is 0.120 e. The van der Waals surface area contributed by atoms with Gasteiger partial charge < -0.3 is 9.73 Å². The molecule has 2 nitrogen and oxygen atoms in total. The molecule has 2 heteroatoms. The minimum Gasteiger partial charge on any atom is -0.468 e. The maximum absolute atomic E-state index is 5.41. The topological polar surface area (TPSA) is 25.2 Å². The Balaban J connectivity index is 1.80. The molecule has 0 aromatic carbocycles. The van der Waals surface area contributed by atoms with Crippen molar-refractivity contribution in [3.05, 3.63) is 23.7 Å². The number of aryl methyl sites for hydroxylation is 1. The molecule has 1 saturated carbocycles. The Kier molecular flexibility index (Phi) is 3.47. The molecule has 0 spiro atoms. The van der Waals surface area contributed by atoms with Crippen LogP contribution in [0.4, 0.5) is 0 Å². The van der Waals surface area contributed by atoms with E-state index in [1.54, 1.807) is 6.26 Å². The summed E-state index contributed by atoms with van der Waals surface area (Å²) in [6.45, 7) is 5.27. The second-order valence-corrected chi connectivity index (χ2v) is 4.74. The van der Waals surface area contributed by atoms with Crippen LogP contribution in [0.15, 0.2) is 16.7 Å². The largest absolute Gasteiger partial charge is 0.468 e. The lowest BCUT2D eigenvalue weighted by molar-refractivity contribution is 0.362. The van der Waals surface area contributed by atoms with Gasteiger partial charge in [0.25, 0.3) is 0 Å². The minimum atomic E-state index is 0.622. The number of rotatable bonds is 4. The molecule has 1 fully saturated rings. The van der Waals surface area contributed by atoms with Crippen LogP contribution in [0.2, 0.25) is 0 Å². The first-order valence-electron chi connectivity index (χ1n) is 6.03. The standard InChI is InChI=1S/C13H21NO/c1-10-7-8-15-13(10)9-14-11(2)12-5-3-4-6-12/h7-8,11-12,14H,3-6,9H2,1-2H3/t11-/m0/s1. The van der Waals surface area contributed by atoms with Gasteiger partial charge in [0.15, 0.2) is 0 Å². The van der Waals surface area contributed by atoms with Crippen LogP contribution >= 0.6 is 0 Å². The molecule has 1 aromatic heterocycles. The predicted molar refractivity (Wildman–Crippen MR) is 61.7 cm³/mol. The van der Waals surface area contributed by atoms with Crippen molar-refractivity contribution in [3.63, 3.8) is 0 Å². The molecule has 1 N–H and O–H groups in total. The van der Waals surface area contributed by atoms with Crippen molar-refractivity contribution < 1.29 is 4.42 Å². The molecule has 0 saturated heterocycles. The summed E-state index contributed by atoms with van der Waals surface area (Å²) < 4.78 is 5.41. The molecule has 84 valence electrons. The van der Waals surface area contributed by atoms with Crippen molar-refractivity contribution in [2.75, 3.05) is 0 Å². The van der Waals surface area contributed by atoms with Gasteiger partial charge in [-0.05, 0) is 44.2 Å². The van der Waals surface area contributed by atoms with Gasteiger partial charge in [-0.1, -0.05) is 12.8 Å². The molecule has 1 aromatic rings. The first-order valence-corrected chi connectivity index (χ1v) is 6.03. The average molecular weight is 207 g/mol. The molecule has 1 aliphatic rings. The lowest BCUT2D eigenvalue weighted by atomic mass is 10.00. The van der Waals surface area contributed by atoms with Gasteiger partial charge in [0.1, 0.15) is 5.76 Å². The molecule has 1 aliphatic carbocycles. The van der Waals surface area contributed by atoms with E-state index in [4.69, 9.17) is 4.42 Å². The maximum atomic E-state index is 5.41. The molecule has 0 aliphatic heterocycles. The molecule has 0 radical (unpaired) electrons. The monoisotopic (exact) mass is 207 g/mol. The molecule has 0 amide bonds. The molecule has 1 heterocycles. The highest BCUT2D eigenvalue weighted by molar-refractivity contribution is 5.14. The van der Waals surface area contributed by atoms with Crippen LogP contribution in [0.3, 0.4) is 0 Å². The normalized spacial score (nSPS) is 19.6. The SMILES string of the molecule is Cc1ccoc1CN[C@@H](C)C1CCCC1. The van der Waals surface area contributed by atoms with Crippen molar-refractivity contribution in [2.45, 2.75) is 52.1 Å². The molecular weight excluding hydrogens is 186 g/mol. The van der Waals surface area contributed by atoms with E-state index in [2.05, 4.69) is 19.2 Å². The second kappa shape index (κ2) is 4.84. The summed E-state index contributed by atoms with van der Waals surface area (Å²) in [6.07, 6.45) is 7.39. The number of nitrogens with one attached hydrogen (secondary N) is 1.